The Balaban J connectivity index is 2.46. The van der Waals surface area contributed by atoms with E-state index in [0.29, 0.717) is 22.7 Å². The number of carbonyl (C=O) groups excluding carboxylic acids is 2. The maximum Gasteiger partial charge on any atom is 0.271 e. The molecule has 0 saturated carbocycles. The summed E-state index contributed by atoms with van der Waals surface area (Å²) in [5.74, 6) is -1.08. The molecule has 2 rings (SSSR count). The van der Waals surface area contributed by atoms with Crippen LogP contribution < -0.4 is 9.62 Å². The molecular formula is C24H30Cl2N4O6S. The number of nitrogens with zero attached hydrogens (tertiary/aromatic N) is 3. The molecule has 1 atom stereocenters. The highest BCUT2D eigenvalue weighted by Crippen LogP contribution is 2.28. The van der Waals surface area contributed by atoms with E-state index < -0.39 is 39.3 Å². The van der Waals surface area contributed by atoms with Gasteiger partial charge in [-0.05, 0) is 43.5 Å². The summed E-state index contributed by atoms with van der Waals surface area (Å²) in [6.45, 7) is 4.81. The average molecular weight is 573 g/mol. The second-order valence-electron chi connectivity index (χ2n) is 8.59. The topological polar surface area (TPSA) is 130 Å². The standard InChI is InChI=1S/C24H30Cl2N4O6S/c1-5-6-11-27-24(32)17(3)28(14-18-8-10-20(25)21(26)12-18)23(31)15-29(37(4,35)36)22-13-19(30(33)34)9-7-16(22)2/h7-10,12-13,17H,5-6,11,14-15H2,1-4H3,(H,27,32)/t17-/m0/s1. The number of sulfonamides is 1. The summed E-state index contributed by atoms with van der Waals surface area (Å²) in [6.07, 6.45) is 2.53. The van der Waals surface area contributed by atoms with Crippen LogP contribution in [0.25, 0.3) is 0 Å². The number of nitro groups is 1. The molecule has 0 radical (unpaired) electrons. The summed E-state index contributed by atoms with van der Waals surface area (Å²) < 4.78 is 26.2. The molecule has 0 aliphatic heterocycles. The van der Waals surface area contributed by atoms with E-state index in [4.69, 9.17) is 23.2 Å². The molecule has 1 N–H and O–H groups in total. The molecule has 202 valence electrons. The Kier molecular flexibility index (Phi) is 10.7. The molecule has 0 fully saturated rings. The van der Waals surface area contributed by atoms with Gasteiger partial charge in [0.25, 0.3) is 5.69 Å². The largest absolute Gasteiger partial charge is 0.354 e. The molecule has 13 heteroatoms. The highest BCUT2D eigenvalue weighted by Gasteiger charge is 2.31. The fraction of sp³-hybridized carbons (Fsp3) is 0.417. The Bertz CT molecular complexity index is 1270. The number of nitro benzene ring substituents is 1. The van der Waals surface area contributed by atoms with Crippen LogP contribution in [0.2, 0.25) is 10.0 Å². The first-order valence-electron chi connectivity index (χ1n) is 11.5. The number of unbranched alkanes of at least 4 members (excludes halogenated alkanes) is 1. The van der Waals surface area contributed by atoms with E-state index in [9.17, 15) is 28.1 Å². The Hall–Kier alpha value is -2.89. The van der Waals surface area contributed by atoms with Gasteiger partial charge < -0.3 is 10.2 Å². The van der Waals surface area contributed by atoms with E-state index in [1.165, 1.54) is 17.0 Å². The number of nitrogens with one attached hydrogen (secondary N) is 1. The van der Waals surface area contributed by atoms with Gasteiger partial charge in [0.1, 0.15) is 12.6 Å². The van der Waals surface area contributed by atoms with Crippen LogP contribution in [0, 0.1) is 17.0 Å². The minimum absolute atomic E-state index is 0.000382. The average Bonchev–Trinajstić information content (AvgIpc) is 2.82. The number of aryl methyl sites for hydroxylation is 1. The number of amides is 2. The Morgan fingerprint density at radius 2 is 1.81 bits per heavy atom. The van der Waals surface area contributed by atoms with Gasteiger partial charge in [-0.3, -0.25) is 24.0 Å². The predicted molar refractivity (Wildman–Crippen MR) is 144 cm³/mol. The minimum Gasteiger partial charge on any atom is -0.354 e. The van der Waals surface area contributed by atoms with Crippen LogP contribution in [-0.2, 0) is 26.2 Å². The number of benzene rings is 2. The quantitative estimate of drug-likeness (QED) is 0.229. The van der Waals surface area contributed by atoms with Crippen LogP contribution in [0.15, 0.2) is 36.4 Å². The van der Waals surface area contributed by atoms with Crippen molar-refractivity contribution in [1.82, 2.24) is 10.2 Å². The zero-order valence-corrected chi connectivity index (χ0v) is 23.4. The molecule has 0 aliphatic rings. The summed E-state index contributed by atoms with van der Waals surface area (Å²) in [6, 6.07) is 7.58. The second kappa shape index (κ2) is 13.1. The molecule has 0 aromatic heterocycles. The van der Waals surface area contributed by atoms with Crippen LogP contribution in [0.1, 0.15) is 37.8 Å². The number of hydrogen-bond donors (Lipinski definition) is 1. The van der Waals surface area contributed by atoms with Crippen molar-refractivity contribution in [2.45, 2.75) is 46.2 Å². The second-order valence-corrected chi connectivity index (χ2v) is 11.3. The van der Waals surface area contributed by atoms with E-state index in [-0.39, 0.29) is 22.9 Å². The Labute approximate surface area is 226 Å². The van der Waals surface area contributed by atoms with Gasteiger partial charge in [0.2, 0.25) is 21.8 Å². The molecule has 0 heterocycles. The minimum atomic E-state index is -4.04. The van der Waals surface area contributed by atoms with Gasteiger partial charge in [-0.1, -0.05) is 48.7 Å². The van der Waals surface area contributed by atoms with Crippen molar-refractivity contribution in [3.05, 3.63) is 67.7 Å². The van der Waals surface area contributed by atoms with Crippen LogP contribution >= 0.6 is 23.2 Å². The zero-order chi connectivity index (χ0) is 27.9. The van der Waals surface area contributed by atoms with E-state index in [0.717, 1.165) is 29.5 Å². The third-order valence-corrected chi connectivity index (χ3v) is 7.55. The SMILES string of the molecule is CCCCNC(=O)[C@H](C)N(Cc1ccc(Cl)c(Cl)c1)C(=O)CN(c1cc([N+](=O)[O-])ccc1C)S(C)(=O)=O. The van der Waals surface area contributed by atoms with E-state index in [1.54, 1.807) is 32.0 Å². The summed E-state index contributed by atoms with van der Waals surface area (Å²) in [5.41, 5.74) is 0.677. The van der Waals surface area contributed by atoms with Crippen LogP contribution in [-0.4, -0.2) is 55.4 Å². The van der Waals surface area contributed by atoms with E-state index in [1.807, 2.05) is 6.92 Å². The van der Waals surface area contributed by atoms with E-state index in [2.05, 4.69) is 5.32 Å². The molecule has 0 bridgehead atoms. The van der Waals surface area contributed by atoms with Crippen molar-refractivity contribution < 1.29 is 22.9 Å². The van der Waals surface area contributed by atoms with Gasteiger partial charge in [0.05, 0.1) is 26.9 Å². The van der Waals surface area contributed by atoms with Gasteiger partial charge in [0.15, 0.2) is 0 Å². The lowest BCUT2D eigenvalue weighted by Gasteiger charge is -2.32. The van der Waals surface area contributed by atoms with Gasteiger partial charge in [-0.25, -0.2) is 8.42 Å². The lowest BCUT2D eigenvalue weighted by atomic mass is 10.1. The van der Waals surface area contributed by atoms with Crippen LogP contribution in [0.3, 0.4) is 0 Å². The first-order valence-corrected chi connectivity index (χ1v) is 14.1. The summed E-state index contributed by atoms with van der Waals surface area (Å²) in [7, 11) is -4.04. The molecule has 0 unspecified atom stereocenters. The van der Waals surface area contributed by atoms with Crippen molar-refractivity contribution in [2.24, 2.45) is 0 Å². The van der Waals surface area contributed by atoms with Crippen LogP contribution in [0.5, 0.6) is 0 Å². The Morgan fingerprint density at radius 1 is 1.14 bits per heavy atom. The van der Waals surface area contributed by atoms with Gasteiger partial charge >= 0.3 is 0 Å². The van der Waals surface area contributed by atoms with Crippen molar-refractivity contribution in [3.63, 3.8) is 0 Å². The number of non-ortho nitro benzene ring substituents is 1. The lowest BCUT2D eigenvalue weighted by molar-refractivity contribution is -0.384. The smallest absolute Gasteiger partial charge is 0.271 e. The monoisotopic (exact) mass is 572 g/mol. The highest BCUT2D eigenvalue weighted by atomic mass is 35.5. The van der Waals surface area contributed by atoms with Crippen molar-refractivity contribution in [1.29, 1.82) is 0 Å². The summed E-state index contributed by atoms with van der Waals surface area (Å²) >= 11 is 12.1. The van der Waals surface area contributed by atoms with Crippen molar-refractivity contribution in [2.75, 3.05) is 23.7 Å². The molecule has 2 aromatic rings. The zero-order valence-electron chi connectivity index (χ0n) is 21.0. The van der Waals surface area contributed by atoms with Crippen LogP contribution in [0.4, 0.5) is 11.4 Å². The maximum absolute atomic E-state index is 13.6. The Morgan fingerprint density at radius 3 is 2.38 bits per heavy atom. The summed E-state index contributed by atoms with van der Waals surface area (Å²) in [5, 5.41) is 14.7. The maximum atomic E-state index is 13.6. The highest BCUT2D eigenvalue weighted by molar-refractivity contribution is 7.92. The molecule has 37 heavy (non-hydrogen) atoms. The van der Waals surface area contributed by atoms with E-state index >= 15 is 0 Å². The third-order valence-electron chi connectivity index (χ3n) is 5.69. The number of hydrogen-bond acceptors (Lipinski definition) is 6. The first kappa shape index (κ1) is 30.3. The fourth-order valence-electron chi connectivity index (χ4n) is 3.53. The first-order chi connectivity index (χ1) is 17.3. The van der Waals surface area contributed by atoms with Gasteiger partial charge in [-0.2, -0.15) is 0 Å². The molecule has 0 spiro atoms. The predicted octanol–water partition coefficient (Wildman–Crippen LogP) is 4.31. The van der Waals surface area contributed by atoms with Crippen molar-refractivity contribution in [3.8, 4) is 0 Å². The normalized spacial score (nSPS) is 12.1. The summed E-state index contributed by atoms with van der Waals surface area (Å²) in [4.78, 5) is 38.3. The number of halogens is 2. The molecule has 0 saturated heterocycles. The number of carbonyl (C=O) groups is 2. The van der Waals surface area contributed by atoms with Crippen molar-refractivity contribution >= 4 is 56.4 Å². The molecule has 2 amide bonds. The van der Waals surface area contributed by atoms with Gasteiger partial charge in [-0.15, -0.1) is 0 Å². The van der Waals surface area contributed by atoms with Gasteiger partial charge in [0, 0.05) is 25.2 Å². The molecular weight excluding hydrogens is 543 g/mol. The third kappa shape index (κ3) is 8.31. The number of anilines is 1. The number of rotatable bonds is 12. The lowest BCUT2D eigenvalue weighted by Crippen LogP contribution is -2.51. The molecule has 10 nitrogen and oxygen atoms in total. The fourth-order valence-corrected chi connectivity index (χ4v) is 4.75. The molecule has 0 aliphatic carbocycles. The molecule has 2 aromatic carbocycles.